The van der Waals surface area contributed by atoms with Crippen LogP contribution in [0.4, 0.5) is 5.69 Å². The molecule has 1 N–H and O–H groups in total. The summed E-state index contributed by atoms with van der Waals surface area (Å²) >= 11 is 0. The number of nitrogens with zero attached hydrogens (tertiary/aromatic N) is 1. The number of hydrogen-bond donors (Lipinski definition) is 1. The molecule has 21 heavy (non-hydrogen) atoms. The van der Waals surface area contributed by atoms with Gasteiger partial charge in [-0.05, 0) is 32.0 Å². The molecule has 2 aromatic rings. The van der Waals surface area contributed by atoms with E-state index in [9.17, 15) is 0 Å². The number of aromatic nitrogens is 1. The summed E-state index contributed by atoms with van der Waals surface area (Å²) < 4.78 is 11.9. The Kier molecular flexibility index (Phi) is 3.45. The minimum atomic E-state index is -0.161. The van der Waals surface area contributed by atoms with Crippen LogP contribution in [-0.4, -0.2) is 17.6 Å². The van der Waals surface area contributed by atoms with Crippen molar-refractivity contribution in [3.05, 3.63) is 47.8 Å². The predicted molar refractivity (Wildman–Crippen MR) is 83.0 cm³/mol. The Balaban J connectivity index is 1.76. The van der Waals surface area contributed by atoms with Crippen LogP contribution in [0, 0.1) is 0 Å². The molecule has 4 heteroatoms. The summed E-state index contributed by atoms with van der Waals surface area (Å²) in [6.45, 7) is 4.61. The zero-order chi connectivity index (χ0) is 14.9. The lowest BCUT2D eigenvalue weighted by atomic mass is 10.0. The van der Waals surface area contributed by atoms with E-state index in [-0.39, 0.29) is 5.60 Å². The molecule has 0 aliphatic carbocycles. The monoisotopic (exact) mass is 284 g/mol. The normalized spacial score (nSPS) is 15.2. The van der Waals surface area contributed by atoms with Crippen LogP contribution in [0.25, 0.3) is 0 Å². The Hall–Kier alpha value is -2.23. The van der Waals surface area contributed by atoms with Gasteiger partial charge in [0.25, 0.3) is 0 Å². The van der Waals surface area contributed by atoms with Crippen molar-refractivity contribution >= 4 is 5.69 Å². The van der Waals surface area contributed by atoms with Crippen LogP contribution in [0.5, 0.6) is 11.5 Å². The minimum Gasteiger partial charge on any atom is -0.483 e. The van der Waals surface area contributed by atoms with E-state index >= 15 is 0 Å². The average Bonchev–Trinajstić information content (AvgIpc) is 2.79. The molecule has 110 valence electrons. The minimum absolute atomic E-state index is 0.161. The van der Waals surface area contributed by atoms with Gasteiger partial charge in [0.2, 0.25) is 0 Å². The van der Waals surface area contributed by atoms with E-state index in [1.54, 1.807) is 6.20 Å². The summed E-state index contributed by atoms with van der Waals surface area (Å²) in [5.41, 5.74) is 2.96. The van der Waals surface area contributed by atoms with Crippen molar-refractivity contribution in [1.82, 2.24) is 4.98 Å². The van der Waals surface area contributed by atoms with Crippen LogP contribution in [0.3, 0.4) is 0 Å². The van der Waals surface area contributed by atoms with Gasteiger partial charge in [0, 0.05) is 30.9 Å². The molecule has 0 unspecified atom stereocenters. The summed E-state index contributed by atoms with van der Waals surface area (Å²) in [5.74, 6) is 1.65. The van der Waals surface area contributed by atoms with Crippen molar-refractivity contribution in [3.8, 4) is 11.5 Å². The number of nitrogens with one attached hydrogen (secondary N) is 1. The van der Waals surface area contributed by atoms with Crippen LogP contribution in [0.2, 0.25) is 0 Å². The Labute approximate surface area is 125 Å². The van der Waals surface area contributed by atoms with Gasteiger partial charge in [-0.15, -0.1) is 0 Å². The molecule has 0 bridgehead atoms. The highest BCUT2D eigenvalue weighted by Gasteiger charge is 2.32. The first-order chi connectivity index (χ1) is 10.1. The standard InChI is InChI=1S/C17H20N2O2/c1-17(2)10-12-5-4-6-15(16(12)21-17)20-11-14-9-13(18-3)7-8-19-14/h4-9H,10-11H2,1-3H3,(H,18,19). The molecule has 0 saturated heterocycles. The van der Waals surface area contributed by atoms with Gasteiger partial charge >= 0.3 is 0 Å². The molecule has 0 atom stereocenters. The summed E-state index contributed by atoms with van der Waals surface area (Å²) in [6, 6.07) is 9.96. The number of rotatable bonds is 4. The first-order valence-corrected chi connectivity index (χ1v) is 7.14. The number of hydrogen-bond acceptors (Lipinski definition) is 4. The summed E-state index contributed by atoms with van der Waals surface area (Å²) in [5, 5.41) is 3.10. The van der Waals surface area contributed by atoms with Gasteiger partial charge in [-0.25, -0.2) is 0 Å². The highest BCUT2D eigenvalue weighted by Crippen LogP contribution is 2.41. The van der Waals surface area contributed by atoms with Gasteiger partial charge in [-0.1, -0.05) is 12.1 Å². The molecule has 0 amide bonds. The third-order valence-electron chi connectivity index (χ3n) is 3.54. The second-order valence-electron chi connectivity index (χ2n) is 5.86. The highest BCUT2D eigenvalue weighted by molar-refractivity contribution is 5.50. The quantitative estimate of drug-likeness (QED) is 0.934. The number of ether oxygens (including phenoxy) is 2. The lowest BCUT2D eigenvalue weighted by Gasteiger charge is -2.18. The first kappa shape index (κ1) is 13.7. The fourth-order valence-corrected chi connectivity index (χ4v) is 2.57. The van der Waals surface area contributed by atoms with Crippen molar-refractivity contribution in [2.45, 2.75) is 32.5 Å². The molecule has 0 fully saturated rings. The summed E-state index contributed by atoms with van der Waals surface area (Å²) in [7, 11) is 1.89. The molecule has 4 nitrogen and oxygen atoms in total. The molecule has 1 aliphatic rings. The summed E-state index contributed by atoms with van der Waals surface area (Å²) in [6.07, 6.45) is 2.69. The van der Waals surface area contributed by atoms with E-state index in [0.29, 0.717) is 6.61 Å². The smallest absolute Gasteiger partial charge is 0.165 e. The van der Waals surface area contributed by atoms with E-state index < -0.39 is 0 Å². The number of anilines is 1. The number of para-hydroxylation sites is 1. The fourth-order valence-electron chi connectivity index (χ4n) is 2.57. The molecule has 3 rings (SSSR count). The fraction of sp³-hybridized carbons (Fsp3) is 0.353. The Morgan fingerprint density at radius 2 is 2.19 bits per heavy atom. The van der Waals surface area contributed by atoms with Gasteiger partial charge in [0.15, 0.2) is 11.5 Å². The molecule has 0 radical (unpaired) electrons. The number of pyridine rings is 1. The molecular formula is C17H20N2O2. The lowest BCUT2D eigenvalue weighted by molar-refractivity contribution is 0.131. The van der Waals surface area contributed by atoms with E-state index in [4.69, 9.17) is 9.47 Å². The van der Waals surface area contributed by atoms with E-state index in [1.807, 2.05) is 31.3 Å². The van der Waals surface area contributed by atoms with Gasteiger partial charge in [-0.2, -0.15) is 0 Å². The average molecular weight is 284 g/mol. The summed E-state index contributed by atoms with van der Waals surface area (Å²) in [4.78, 5) is 4.32. The van der Waals surface area contributed by atoms with E-state index in [0.717, 1.165) is 29.3 Å². The van der Waals surface area contributed by atoms with Crippen LogP contribution in [0.1, 0.15) is 25.1 Å². The van der Waals surface area contributed by atoms with Crippen molar-refractivity contribution in [2.75, 3.05) is 12.4 Å². The maximum absolute atomic E-state index is 6.00. The van der Waals surface area contributed by atoms with Crippen molar-refractivity contribution in [1.29, 1.82) is 0 Å². The molecular weight excluding hydrogens is 264 g/mol. The molecule has 2 heterocycles. The van der Waals surface area contributed by atoms with Crippen molar-refractivity contribution < 1.29 is 9.47 Å². The van der Waals surface area contributed by atoms with Gasteiger partial charge in [0.05, 0.1) is 5.69 Å². The van der Waals surface area contributed by atoms with Crippen LogP contribution in [0.15, 0.2) is 36.5 Å². The lowest BCUT2D eigenvalue weighted by Crippen LogP contribution is -2.24. The Bertz CT molecular complexity index is 653. The molecule has 0 saturated carbocycles. The van der Waals surface area contributed by atoms with Crippen molar-refractivity contribution in [2.24, 2.45) is 0 Å². The highest BCUT2D eigenvalue weighted by atomic mass is 16.5. The predicted octanol–water partition coefficient (Wildman–Crippen LogP) is 3.42. The SMILES string of the molecule is CNc1ccnc(COc2cccc3c2OC(C)(C)C3)c1. The van der Waals surface area contributed by atoms with Gasteiger partial charge in [0.1, 0.15) is 12.2 Å². The molecule has 1 aliphatic heterocycles. The zero-order valence-corrected chi connectivity index (χ0v) is 12.6. The van der Waals surface area contributed by atoms with Crippen LogP contribution < -0.4 is 14.8 Å². The number of fused-ring (bicyclic) bond motifs is 1. The largest absolute Gasteiger partial charge is 0.483 e. The van der Waals surface area contributed by atoms with Crippen molar-refractivity contribution in [3.63, 3.8) is 0 Å². The number of benzene rings is 1. The van der Waals surface area contributed by atoms with E-state index in [2.05, 4.69) is 30.2 Å². The topological polar surface area (TPSA) is 43.4 Å². The Morgan fingerprint density at radius 1 is 1.33 bits per heavy atom. The van der Waals surface area contributed by atoms with Crippen LogP contribution in [-0.2, 0) is 13.0 Å². The first-order valence-electron chi connectivity index (χ1n) is 7.14. The molecule has 0 spiro atoms. The van der Waals surface area contributed by atoms with E-state index in [1.165, 1.54) is 5.56 Å². The maximum Gasteiger partial charge on any atom is 0.165 e. The van der Waals surface area contributed by atoms with Gasteiger partial charge < -0.3 is 14.8 Å². The maximum atomic E-state index is 6.00. The van der Waals surface area contributed by atoms with Crippen LogP contribution >= 0.6 is 0 Å². The molecule has 1 aromatic heterocycles. The second kappa shape index (κ2) is 5.28. The zero-order valence-electron chi connectivity index (χ0n) is 12.6. The molecule has 1 aromatic carbocycles. The van der Waals surface area contributed by atoms with Gasteiger partial charge in [-0.3, -0.25) is 4.98 Å². The Morgan fingerprint density at radius 3 is 3.00 bits per heavy atom. The third kappa shape index (κ3) is 2.94. The third-order valence-corrected chi connectivity index (χ3v) is 3.54. The second-order valence-corrected chi connectivity index (χ2v) is 5.86.